The number of ether oxygens (including phenoxy) is 6. The van der Waals surface area contributed by atoms with E-state index in [9.17, 15) is 0 Å². The maximum atomic E-state index is 6.81. The number of hydrogen-bond donors (Lipinski definition) is 0. The van der Waals surface area contributed by atoms with Gasteiger partial charge in [-0.05, 0) is 59.4 Å². The summed E-state index contributed by atoms with van der Waals surface area (Å²) in [5.74, 6) is 0.856. The molecule has 0 N–H and O–H groups in total. The molecule has 1 unspecified atom stereocenters. The van der Waals surface area contributed by atoms with Crippen LogP contribution in [0.2, 0.25) is 5.02 Å². The third-order valence-electron chi connectivity index (χ3n) is 8.05. The van der Waals surface area contributed by atoms with Crippen LogP contribution in [0.3, 0.4) is 0 Å². The standard InChI is InChI=1S/C37H39ClO6/c1-2-40-31-16-13-26(14-17-31)21-30-22-29(15-18-32(30)38)34-36(42-23-27-9-5-3-6-10-27)37(43-24-28-11-7-4-8-12-28)35-33(44-34)25-39-19-20-41-35/h3-18,22,33-37H,2,19-21,23-25H2,1H3/t33?,34-,35+,36-,37-/m0/s1. The average Bonchev–Trinajstić information content (AvgIpc) is 3.31. The summed E-state index contributed by atoms with van der Waals surface area (Å²) in [5, 5.41) is 0.705. The molecule has 0 amide bonds. The molecular weight excluding hydrogens is 576 g/mol. The van der Waals surface area contributed by atoms with Crippen molar-refractivity contribution in [2.75, 3.05) is 26.4 Å². The van der Waals surface area contributed by atoms with E-state index in [1.807, 2.05) is 67.6 Å². The highest BCUT2D eigenvalue weighted by atomic mass is 35.5. The molecule has 0 bridgehead atoms. The number of halogens is 1. The highest BCUT2D eigenvalue weighted by Crippen LogP contribution is 2.40. The number of benzene rings is 4. The smallest absolute Gasteiger partial charge is 0.119 e. The highest BCUT2D eigenvalue weighted by Gasteiger charge is 2.49. The van der Waals surface area contributed by atoms with E-state index < -0.39 is 18.3 Å². The quantitative estimate of drug-likeness (QED) is 0.176. The lowest BCUT2D eigenvalue weighted by Gasteiger charge is -2.45. The van der Waals surface area contributed by atoms with Crippen molar-refractivity contribution in [3.63, 3.8) is 0 Å². The average molecular weight is 615 g/mol. The fourth-order valence-electron chi connectivity index (χ4n) is 5.86. The molecule has 6 nitrogen and oxygen atoms in total. The third-order valence-corrected chi connectivity index (χ3v) is 8.42. The molecule has 7 heteroatoms. The van der Waals surface area contributed by atoms with Gasteiger partial charge in [-0.3, -0.25) is 0 Å². The molecule has 44 heavy (non-hydrogen) atoms. The van der Waals surface area contributed by atoms with E-state index in [0.717, 1.165) is 33.6 Å². The minimum absolute atomic E-state index is 0.315. The van der Waals surface area contributed by atoms with E-state index in [4.69, 9.17) is 40.0 Å². The summed E-state index contributed by atoms with van der Waals surface area (Å²) in [4.78, 5) is 0. The second-order valence-corrected chi connectivity index (χ2v) is 11.5. The molecule has 0 spiro atoms. The maximum Gasteiger partial charge on any atom is 0.119 e. The van der Waals surface area contributed by atoms with Gasteiger partial charge in [-0.2, -0.15) is 0 Å². The lowest BCUT2D eigenvalue weighted by molar-refractivity contribution is -0.262. The van der Waals surface area contributed by atoms with Crippen LogP contribution in [0.15, 0.2) is 103 Å². The van der Waals surface area contributed by atoms with Gasteiger partial charge in [0.15, 0.2) is 0 Å². The summed E-state index contributed by atoms with van der Waals surface area (Å²) in [6.45, 7) is 4.86. The number of fused-ring (bicyclic) bond motifs is 1. The summed E-state index contributed by atoms with van der Waals surface area (Å²) in [6.07, 6.45) is -1.25. The van der Waals surface area contributed by atoms with Crippen molar-refractivity contribution >= 4 is 11.6 Å². The van der Waals surface area contributed by atoms with E-state index in [1.165, 1.54) is 0 Å². The summed E-state index contributed by atoms with van der Waals surface area (Å²) < 4.78 is 38.1. The van der Waals surface area contributed by atoms with Crippen LogP contribution in [0.5, 0.6) is 5.75 Å². The number of hydrogen-bond acceptors (Lipinski definition) is 6. The first-order chi connectivity index (χ1) is 21.7. The van der Waals surface area contributed by atoms with Gasteiger partial charge in [-0.25, -0.2) is 0 Å². The van der Waals surface area contributed by atoms with Crippen LogP contribution < -0.4 is 4.74 Å². The summed E-state index contributed by atoms with van der Waals surface area (Å²) in [6, 6.07) is 34.6. The first-order valence-electron chi connectivity index (χ1n) is 15.3. The van der Waals surface area contributed by atoms with Gasteiger partial charge in [0.1, 0.15) is 36.3 Å². The van der Waals surface area contributed by atoms with Gasteiger partial charge in [0.25, 0.3) is 0 Å². The van der Waals surface area contributed by atoms with E-state index in [1.54, 1.807) is 0 Å². The Morgan fingerprint density at radius 2 is 1.43 bits per heavy atom. The van der Waals surface area contributed by atoms with Gasteiger partial charge in [0.05, 0.1) is 39.6 Å². The van der Waals surface area contributed by atoms with Crippen molar-refractivity contribution in [2.24, 2.45) is 0 Å². The Hall–Kier alpha value is -3.23. The van der Waals surface area contributed by atoms with Crippen molar-refractivity contribution in [3.05, 3.63) is 136 Å². The molecular formula is C37H39ClO6. The van der Waals surface area contributed by atoms with Crippen molar-refractivity contribution in [1.29, 1.82) is 0 Å². The minimum atomic E-state index is -0.447. The first kappa shape index (κ1) is 30.8. The van der Waals surface area contributed by atoms with Gasteiger partial charge in [-0.1, -0.05) is 96.5 Å². The van der Waals surface area contributed by atoms with Crippen LogP contribution >= 0.6 is 11.6 Å². The Labute approximate surface area is 264 Å². The van der Waals surface area contributed by atoms with Crippen LogP contribution in [0.4, 0.5) is 0 Å². The van der Waals surface area contributed by atoms with Gasteiger partial charge in [-0.15, -0.1) is 0 Å². The zero-order valence-corrected chi connectivity index (χ0v) is 25.7. The van der Waals surface area contributed by atoms with Crippen LogP contribution in [-0.4, -0.2) is 50.8 Å². The fourth-order valence-corrected chi connectivity index (χ4v) is 6.05. The predicted octanol–water partition coefficient (Wildman–Crippen LogP) is 7.36. The van der Waals surface area contributed by atoms with Gasteiger partial charge in [0.2, 0.25) is 0 Å². The van der Waals surface area contributed by atoms with Gasteiger partial charge in [0, 0.05) is 5.02 Å². The Kier molecular flexibility index (Phi) is 10.6. The topological polar surface area (TPSA) is 55.4 Å². The molecule has 2 fully saturated rings. The zero-order valence-electron chi connectivity index (χ0n) is 25.0. The SMILES string of the molecule is CCOc1ccc(Cc2cc([C@@H]3OC4COCCO[C@H]4[C@H](OCc4ccccc4)[C@H]3OCc3ccccc3)ccc2Cl)cc1. The molecule has 0 saturated carbocycles. The Bertz CT molecular complexity index is 1450. The lowest BCUT2D eigenvalue weighted by Crippen LogP contribution is -2.57. The molecule has 6 rings (SSSR count). The molecule has 230 valence electrons. The zero-order chi connectivity index (χ0) is 30.1. The van der Waals surface area contributed by atoms with Crippen molar-refractivity contribution in [1.82, 2.24) is 0 Å². The molecule has 0 radical (unpaired) electrons. The van der Waals surface area contributed by atoms with Crippen LogP contribution in [0, 0.1) is 0 Å². The first-order valence-corrected chi connectivity index (χ1v) is 15.7. The van der Waals surface area contributed by atoms with Crippen LogP contribution in [0.1, 0.15) is 40.8 Å². The normalized spacial score (nSPS) is 23.5. The highest BCUT2D eigenvalue weighted by molar-refractivity contribution is 6.31. The molecule has 2 aliphatic rings. The Balaban J connectivity index is 1.32. The van der Waals surface area contributed by atoms with Crippen molar-refractivity contribution in [3.8, 4) is 5.75 Å². The van der Waals surface area contributed by atoms with Gasteiger partial charge >= 0.3 is 0 Å². The summed E-state index contributed by atoms with van der Waals surface area (Å²) in [7, 11) is 0. The molecule has 4 aromatic rings. The Morgan fingerprint density at radius 3 is 2.11 bits per heavy atom. The van der Waals surface area contributed by atoms with E-state index in [0.29, 0.717) is 51.1 Å². The van der Waals surface area contributed by atoms with E-state index in [-0.39, 0.29) is 12.2 Å². The summed E-state index contributed by atoms with van der Waals surface area (Å²) in [5.41, 5.74) is 5.29. The third kappa shape index (κ3) is 7.70. The van der Waals surface area contributed by atoms with Crippen LogP contribution in [0.25, 0.3) is 0 Å². The summed E-state index contributed by atoms with van der Waals surface area (Å²) >= 11 is 6.76. The Morgan fingerprint density at radius 1 is 0.750 bits per heavy atom. The largest absolute Gasteiger partial charge is 0.494 e. The van der Waals surface area contributed by atoms with Crippen molar-refractivity contribution in [2.45, 2.75) is 57.1 Å². The second-order valence-electron chi connectivity index (χ2n) is 11.1. The van der Waals surface area contributed by atoms with E-state index in [2.05, 4.69) is 42.5 Å². The maximum absolute atomic E-state index is 6.81. The van der Waals surface area contributed by atoms with Gasteiger partial charge < -0.3 is 28.4 Å². The monoisotopic (exact) mass is 614 g/mol. The fraction of sp³-hybridized carbons (Fsp3) is 0.351. The van der Waals surface area contributed by atoms with Crippen molar-refractivity contribution < 1.29 is 28.4 Å². The molecule has 2 aliphatic heterocycles. The molecule has 0 aromatic heterocycles. The molecule has 4 aromatic carbocycles. The van der Waals surface area contributed by atoms with Crippen LogP contribution in [-0.2, 0) is 43.3 Å². The second kappa shape index (κ2) is 15.2. The molecule has 5 atom stereocenters. The minimum Gasteiger partial charge on any atom is -0.494 e. The number of rotatable bonds is 11. The lowest BCUT2D eigenvalue weighted by atomic mass is 9.89. The molecule has 0 aliphatic carbocycles. The van der Waals surface area contributed by atoms with E-state index >= 15 is 0 Å². The predicted molar refractivity (Wildman–Crippen MR) is 170 cm³/mol. The molecule has 2 heterocycles. The molecule has 2 saturated heterocycles.